The molecule has 12 heavy (non-hydrogen) atoms. The molecule has 0 aliphatic rings. The average molecular weight is 183 g/mol. The fourth-order valence-electron chi connectivity index (χ4n) is 1.05. The number of pyridine rings is 1. The minimum absolute atomic E-state index is 0. The standard InChI is InChI=1S/C9H7NS.Na/c11-9-6-5-7-3-1-2-4-8(7)10-9;/h1-6H,(H,10,11);/q;+1/p-1. The summed E-state index contributed by atoms with van der Waals surface area (Å²) in [4.78, 5) is 4.19. The van der Waals surface area contributed by atoms with Crippen LogP contribution in [0.15, 0.2) is 41.4 Å². The van der Waals surface area contributed by atoms with Crippen molar-refractivity contribution < 1.29 is 29.6 Å². The van der Waals surface area contributed by atoms with Crippen molar-refractivity contribution in [2.24, 2.45) is 0 Å². The van der Waals surface area contributed by atoms with Gasteiger partial charge in [0.05, 0.1) is 5.52 Å². The molecule has 3 heteroatoms. The van der Waals surface area contributed by atoms with Gasteiger partial charge < -0.3 is 12.6 Å². The molecule has 1 aromatic heterocycles. The number of aromatic nitrogens is 1. The van der Waals surface area contributed by atoms with Crippen LogP contribution in [0.5, 0.6) is 0 Å². The molecule has 0 radical (unpaired) electrons. The molecule has 54 valence electrons. The minimum atomic E-state index is 0. The smallest absolute Gasteiger partial charge is 0.760 e. The summed E-state index contributed by atoms with van der Waals surface area (Å²) in [6.45, 7) is 0. The van der Waals surface area contributed by atoms with Gasteiger partial charge in [0.15, 0.2) is 0 Å². The van der Waals surface area contributed by atoms with Crippen molar-refractivity contribution in [1.82, 2.24) is 4.98 Å². The van der Waals surface area contributed by atoms with Crippen LogP contribution in [0.1, 0.15) is 0 Å². The summed E-state index contributed by atoms with van der Waals surface area (Å²) in [6.07, 6.45) is 0. The second-order valence-electron chi connectivity index (χ2n) is 2.34. The number of hydrogen-bond acceptors (Lipinski definition) is 2. The van der Waals surface area contributed by atoms with Gasteiger partial charge in [0, 0.05) is 5.39 Å². The quantitative estimate of drug-likeness (QED) is 0.389. The molecule has 2 aromatic rings. The van der Waals surface area contributed by atoms with Gasteiger partial charge in [-0.05, 0) is 6.07 Å². The van der Waals surface area contributed by atoms with E-state index in [9.17, 15) is 0 Å². The first kappa shape index (κ1) is 9.93. The maximum atomic E-state index is 4.93. The maximum absolute atomic E-state index is 4.93. The summed E-state index contributed by atoms with van der Waals surface area (Å²) >= 11 is 4.93. The molecule has 1 nitrogen and oxygen atoms in total. The van der Waals surface area contributed by atoms with E-state index in [2.05, 4.69) is 4.98 Å². The van der Waals surface area contributed by atoms with Crippen LogP contribution in [-0.4, -0.2) is 4.98 Å². The monoisotopic (exact) mass is 183 g/mol. The average Bonchev–Trinajstić information content (AvgIpc) is 2.04. The van der Waals surface area contributed by atoms with E-state index in [-0.39, 0.29) is 29.6 Å². The first-order valence-corrected chi connectivity index (χ1v) is 3.80. The van der Waals surface area contributed by atoms with Gasteiger partial charge in [-0.2, -0.15) is 0 Å². The van der Waals surface area contributed by atoms with Crippen LogP contribution in [0.25, 0.3) is 10.9 Å². The summed E-state index contributed by atoms with van der Waals surface area (Å²) < 4.78 is 0. The molecule has 1 aromatic carbocycles. The molecule has 2 rings (SSSR count). The van der Waals surface area contributed by atoms with Crippen molar-refractivity contribution in [2.75, 3.05) is 0 Å². The molecule has 0 aliphatic carbocycles. The Kier molecular flexibility index (Phi) is 3.47. The van der Waals surface area contributed by atoms with Crippen molar-refractivity contribution >= 4 is 23.5 Å². The summed E-state index contributed by atoms with van der Waals surface area (Å²) in [7, 11) is 0. The topological polar surface area (TPSA) is 12.9 Å². The zero-order valence-corrected chi connectivity index (χ0v) is 9.64. The van der Waals surface area contributed by atoms with Crippen molar-refractivity contribution in [3.63, 3.8) is 0 Å². The van der Waals surface area contributed by atoms with Gasteiger partial charge in [-0.1, -0.05) is 35.4 Å². The normalized spacial score (nSPS) is 9.33. The van der Waals surface area contributed by atoms with E-state index < -0.39 is 0 Å². The van der Waals surface area contributed by atoms with Crippen molar-refractivity contribution in [3.8, 4) is 0 Å². The minimum Gasteiger partial charge on any atom is -0.760 e. The Hall–Kier alpha value is -0.150. The first-order valence-electron chi connectivity index (χ1n) is 3.39. The molecule has 0 saturated carbocycles. The third-order valence-electron chi connectivity index (χ3n) is 1.57. The third kappa shape index (κ3) is 1.96. The number of nitrogens with zero attached hydrogens (tertiary/aromatic N) is 1. The Morgan fingerprint density at radius 2 is 1.75 bits per heavy atom. The largest absolute Gasteiger partial charge is 1.00 e. The number of fused-ring (bicyclic) bond motifs is 1. The third-order valence-corrected chi connectivity index (χ3v) is 1.80. The molecular formula is C9H6NNaS. The van der Waals surface area contributed by atoms with Gasteiger partial charge in [-0.15, -0.1) is 0 Å². The number of para-hydroxylation sites is 1. The molecule has 0 amide bonds. The van der Waals surface area contributed by atoms with Crippen LogP contribution in [0.3, 0.4) is 0 Å². The van der Waals surface area contributed by atoms with Crippen LogP contribution in [0, 0.1) is 0 Å². The first-order chi connectivity index (χ1) is 5.36. The van der Waals surface area contributed by atoms with Crippen molar-refractivity contribution in [3.05, 3.63) is 36.4 Å². The van der Waals surface area contributed by atoms with Gasteiger partial charge in [-0.3, -0.25) is 4.98 Å². The van der Waals surface area contributed by atoms with Crippen LogP contribution >= 0.6 is 0 Å². The van der Waals surface area contributed by atoms with Crippen LogP contribution < -0.4 is 29.6 Å². The second kappa shape index (κ2) is 4.19. The fourth-order valence-corrected chi connectivity index (χ4v) is 1.21. The summed E-state index contributed by atoms with van der Waals surface area (Å²) in [5, 5.41) is 1.80. The summed E-state index contributed by atoms with van der Waals surface area (Å²) in [6, 6.07) is 11.8. The summed E-state index contributed by atoms with van der Waals surface area (Å²) in [5.41, 5.74) is 0.972. The van der Waals surface area contributed by atoms with Gasteiger partial charge in [0.2, 0.25) is 0 Å². The zero-order valence-electron chi connectivity index (χ0n) is 6.82. The predicted octanol–water partition coefficient (Wildman–Crippen LogP) is -0.855. The van der Waals surface area contributed by atoms with Crippen molar-refractivity contribution in [2.45, 2.75) is 5.03 Å². The Morgan fingerprint density at radius 3 is 2.58 bits per heavy atom. The predicted molar refractivity (Wildman–Crippen MR) is 47.4 cm³/mol. The molecular weight excluding hydrogens is 177 g/mol. The molecule has 0 atom stereocenters. The molecule has 0 saturated heterocycles. The maximum Gasteiger partial charge on any atom is 1.00 e. The van der Waals surface area contributed by atoms with Crippen LogP contribution in [0.4, 0.5) is 0 Å². The number of benzene rings is 1. The van der Waals surface area contributed by atoms with Crippen LogP contribution in [0.2, 0.25) is 0 Å². The van der Waals surface area contributed by atoms with Gasteiger partial charge in [0.1, 0.15) is 0 Å². The van der Waals surface area contributed by atoms with E-state index in [1.54, 1.807) is 0 Å². The Morgan fingerprint density at radius 1 is 1.00 bits per heavy atom. The Bertz CT molecular complexity index is 389. The van der Waals surface area contributed by atoms with E-state index in [0.717, 1.165) is 10.9 Å². The van der Waals surface area contributed by atoms with Gasteiger partial charge >= 0.3 is 29.6 Å². The fraction of sp³-hybridized carbons (Fsp3) is 0. The van der Waals surface area contributed by atoms with E-state index >= 15 is 0 Å². The molecule has 0 bridgehead atoms. The second-order valence-corrected chi connectivity index (χ2v) is 2.76. The van der Waals surface area contributed by atoms with E-state index in [0.29, 0.717) is 5.03 Å². The number of rotatable bonds is 0. The molecule has 0 spiro atoms. The van der Waals surface area contributed by atoms with E-state index in [1.807, 2.05) is 36.4 Å². The molecule has 0 N–H and O–H groups in total. The SMILES string of the molecule is [Na+].[S-]c1ccc2ccccc2n1. The molecule has 1 heterocycles. The zero-order chi connectivity index (χ0) is 7.68. The van der Waals surface area contributed by atoms with E-state index in [4.69, 9.17) is 12.6 Å². The molecule has 0 aliphatic heterocycles. The summed E-state index contributed by atoms with van der Waals surface area (Å²) in [5.74, 6) is 0. The van der Waals surface area contributed by atoms with Crippen LogP contribution in [-0.2, 0) is 12.6 Å². The Balaban J connectivity index is 0.000000720. The van der Waals surface area contributed by atoms with Gasteiger partial charge in [-0.25, -0.2) is 0 Å². The molecule has 0 unspecified atom stereocenters. The van der Waals surface area contributed by atoms with Crippen molar-refractivity contribution in [1.29, 1.82) is 0 Å². The molecule has 0 fully saturated rings. The van der Waals surface area contributed by atoms with E-state index in [1.165, 1.54) is 0 Å². The number of hydrogen-bond donors (Lipinski definition) is 0. The van der Waals surface area contributed by atoms with Gasteiger partial charge in [0.25, 0.3) is 0 Å². The Labute approximate surface area is 98.9 Å².